The number of ether oxygens (including phenoxy) is 1. The summed E-state index contributed by atoms with van der Waals surface area (Å²) in [7, 11) is 0. The lowest BCUT2D eigenvalue weighted by Gasteiger charge is -2.18. The summed E-state index contributed by atoms with van der Waals surface area (Å²) in [5.41, 5.74) is 4.29. The molecule has 0 spiro atoms. The van der Waals surface area contributed by atoms with Crippen LogP contribution in [-0.4, -0.2) is 23.5 Å². The SMILES string of the molecule is CC(C)(C)C(=O)NC(=S)NNC(=O)COc1cccc2ccccc12. The van der Waals surface area contributed by atoms with Gasteiger partial charge in [-0.25, -0.2) is 0 Å². The molecule has 0 aliphatic heterocycles. The van der Waals surface area contributed by atoms with Gasteiger partial charge in [0.05, 0.1) is 0 Å². The van der Waals surface area contributed by atoms with E-state index in [1.54, 1.807) is 26.8 Å². The smallest absolute Gasteiger partial charge is 0.276 e. The molecule has 0 radical (unpaired) electrons. The van der Waals surface area contributed by atoms with Crippen molar-refractivity contribution in [2.45, 2.75) is 20.8 Å². The fourth-order valence-corrected chi connectivity index (χ4v) is 2.09. The van der Waals surface area contributed by atoms with Gasteiger partial charge in [0.2, 0.25) is 5.91 Å². The summed E-state index contributed by atoms with van der Waals surface area (Å²) in [5, 5.41) is 4.49. The fraction of sp³-hybridized carbons (Fsp3) is 0.278. The second kappa shape index (κ2) is 7.94. The lowest BCUT2D eigenvalue weighted by molar-refractivity contribution is -0.127. The van der Waals surface area contributed by atoms with Gasteiger partial charge in [-0.3, -0.25) is 20.4 Å². The molecule has 3 N–H and O–H groups in total. The molecule has 0 heterocycles. The molecule has 0 aliphatic rings. The van der Waals surface area contributed by atoms with Gasteiger partial charge in [0.25, 0.3) is 5.91 Å². The van der Waals surface area contributed by atoms with Crippen LogP contribution < -0.4 is 20.9 Å². The van der Waals surface area contributed by atoms with E-state index in [4.69, 9.17) is 17.0 Å². The summed E-state index contributed by atoms with van der Waals surface area (Å²) >= 11 is 4.96. The van der Waals surface area contributed by atoms with Crippen molar-refractivity contribution in [2.75, 3.05) is 6.61 Å². The molecule has 0 aromatic heterocycles. The first-order valence-electron chi connectivity index (χ1n) is 7.78. The minimum absolute atomic E-state index is 0.0263. The first kappa shape index (κ1) is 18.7. The van der Waals surface area contributed by atoms with Gasteiger partial charge >= 0.3 is 0 Å². The van der Waals surface area contributed by atoms with Crippen molar-refractivity contribution in [3.8, 4) is 5.75 Å². The summed E-state index contributed by atoms with van der Waals surface area (Å²) in [5.74, 6) is -0.0385. The zero-order chi connectivity index (χ0) is 18.4. The van der Waals surface area contributed by atoms with E-state index >= 15 is 0 Å². The third-order valence-electron chi connectivity index (χ3n) is 3.33. The number of hydrogen-bond acceptors (Lipinski definition) is 4. The van der Waals surface area contributed by atoms with E-state index in [9.17, 15) is 9.59 Å². The summed E-state index contributed by atoms with van der Waals surface area (Å²) < 4.78 is 5.57. The number of hydrogen-bond donors (Lipinski definition) is 3. The lowest BCUT2D eigenvalue weighted by atomic mass is 9.96. The highest BCUT2D eigenvalue weighted by Gasteiger charge is 2.22. The molecule has 0 aliphatic carbocycles. The van der Waals surface area contributed by atoms with Gasteiger partial charge in [-0.1, -0.05) is 57.2 Å². The van der Waals surface area contributed by atoms with E-state index in [-0.39, 0.29) is 17.6 Å². The Hall–Kier alpha value is -2.67. The van der Waals surface area contributed by atoms with Gasteiger partial charge < -0.3 is 10.1 Å². The van der Waals surface area contributed by atoms with Crippen LogP contribution in [0, 0.1) is 5.41 Å². The van der Waals surface area contributed by atoms with Crippen LogP contribution in [0.3, 0.4) is 0 Å². The van der Waals surface area contributed by atoms with Gasteiger partial charge in [-0.2, -0.15) is 0 Å². The molecule has 132 valence electrons. The fourth-order valence-electron chi connectivity index (χ4n) is 1.95. The molecule has 0 saturated carbocycles. The molecule has 6 nitrogen and oxygen atoms in total. The van der Waals surface area contributed by atoms with Crippen LogP contribution in [0.1, 0.15) is 20.8 Å². The Kier molecular flexibility index (Phi) is 5.93. The Bertz CT molecular complexity index is 794. The van der Waals surface area contributed by atoms with Crippen LogP contribution in [0.15, 0.2) is 42.5 Å². The molecule has 0 saturated heterocycles. The Morgan fingerprint density at radius 1 is 1.04 bits per heavy atom. The van der Waals surface area contributed by atoms with Gasteiger partial charge in [0.15, 0.2) is 11.7 Å². The Balaban J connectivity index is 1.83. The number of carbonyl (C=O) groups excluding carboxylic acids is 2. The highest BCUT2D eigenvalue weighted by Crippen LogP contribution is 2.24. The van der Waals surface area contributed by atoms with Crippen molar-refractivity contribution >= 4 is 39.9 Å². The van der Waals surface area contributed by atoms with Crippen molar-refractivity contribution in [3.63, 3.8) is 0 Å². The number of fused-ring (bicyclic) bond motifs is 1. The molecular formula is C18H21N3O3S. The Morgan fingerprint density at radius 2 is 1.72 bits per heavy atom. The number of nitrogens with one attached hydrogen (secondary N) is 3. The van der Waals surface area contributed by atoms with E-state index in [1.165, 1.54) is 0 Å². The van der Waals surface area contributed by atoms with Crippen molar-refractivity contribution in [1.82, 2.24) is 16.2 Å². The third kappa shape index (κ3) is 5.42. The van der Waals surface area contributed by atoms with Crippen LogP contribution in [-0.2, 0) is 9.59 Å². The second-order valence-electron chi connectivity index (χ2n) is 6.47. The average Bonchev–Trinajstić information content (AvgIpc) is 2.57. The average molecular weight is 359 g/mol. The number of thiocarbonyl (C=S) groups is 1. The van der Waals surface area contributed by atoms with E-state index in [1.807, 2.05) is 36.4 Å². The van der Waals surface area contributed by atoms with Gasteiger partial charge in [0, 0.05) is 10.8 Å². The Labute approximate surface area is 151 Å². The zero-order valence-corrected chi connectivity index (χ0v) is 15.2. The molecule has 0 fully saturated rings. The maximum Gasteiger partial charge on any atom is 0.276 e. The minimum atomic E-state index is -0.576. The van der Waals surface area contributed by atoms with E-state index < -0.39 is 11.3 Å². The normalized spacial score (nSPS) is 10.8. The van der Waals surface area contributed by atoms with Gasteiger partial charge in [0.1, 0.15) is 5.75 Å². The summed E-state index contributed by atoms with van der Waals surface area (Å²) in [6.45, 7) is 5.11. The van der Waals surface area contributed by atoms with Crippen LogP contribution in [0.25, 0.3) is 10.8 Å². The maximum atomic E-state index is 11.9. The highest BCUT2D eigenvalue weighted by atomic mass is 32.1. The molecule has 2 aromatic carbocycles. The predicted molar refractivity (Wildman–Crippen MR) is 101 cm³/mol. The van der Waals surface area contributed by atoms with Crippen LogP contribution >= 0.6 is 12.2 Å². The molecule has 25 heavy (non-hydrogen) atoms. The molecule has 2 rings (SSSR count). The number of hydrazine groups is 1. The molecule has 2 aromatic rings. The topological polar surface area (TPSA) is 79.5 Å². The van der Waals surface area contributed by atoms with E-state index in [0.29, 0.717) is 5.75 Å². The Morgan fingerprint density at radius 3 is 2.44 bits per heavy atom. The minimum Gasteiger partial charge on any atom is -0.483 e. The zero-order valence-electron chi connectivity index (χ0n) is 14.4. The molecule has 7 heteroatoms. The van der Waals surface area contributed by atoms with Crippen LogP contribution in [0.5, 0.6) is 5.75 Å². The second-order valence-corrected chi connectivity index (χ2v) is 6.88. The number of benzene rings is 2. The highest BCUT2D eigenvalue weighted by molar-refractivity contribution is 7.80. The van der Waals surface area contributed by atoms with Crippen LogP contribution in [0.4, 0.5) is 0 Å². The number of rotatable bonds is 3. The van der Waals surface area contributed by atoms with Crippen molar-refractivity contribution in [3.05, 3.63) is 42.5 Å². The first-order chi connectivity index (χ1) is 11.8. The third-order valence-corrected chi connectivity index (χ3v) is 3.54. The monoisotopic (exact) mass is 359 g/mol. The molecule has 0 bridgehead atoms. The summed E-state index contributed by atoms with van der Waals surface area (Å²) in [4.78, 5) is 23.6. The summed E-state index contributed by atoms with van der Waals surface area (Å²) in [6, 6.07) is 13.4. The molecule has 0 unspecified atom stereocenters. The maximum absolute atomic E-state index is 11.9. The first-order valence-corrected chi connectivity index (χ1v) is 8.19. The van der Waals surface area contributed by atoms with Crippen molar-refractivity contribution < 1.29 is 14.3 Å². The molecule has 2 amide bonds. The van der Waals surface area contributed by atoms with Crippen molar-refractivity contribution in [2.24, 2.45) is 5.41 Å². The van der Waals surface area contributed by atoms with Crippen molar-refractivity contribution in [1.29, 1.82) is 0 Å². The number of amides is 2. The lowest BCUT2D eigenvalue weighted by Crippen LogP contribution is -2.51. The quantitative estimate of drug-likeness (QED) is 0.579. The number of carbonyl (C=O) groups is 2. The predicted octanol–water partition coefficient (Wildman–Crippen LogP) is 2.29. The largest absolute Gasteiger partial charge is 0.483 e. The van der Waals surface area contributed by atoms with Gasteiger partial charge in [-0.15, -0.1) is 0 Å². The summed E-state index contributed by atoms with van der Waals surface area (Å²) in [6.07, 6.45) is 0. The molecular weight excluding hydrogens is 338 g/mol. The van der Waals surface area contributed by atoms with Crippen LogP contribution in [0.2, 0.25) is 0 Å². The van der Waals surface area contributed by atoms with E-state index in [2.05, 4.69) is 16.2 Å². The van der Waals surface area contributed by atoms with E-state index in [0.717, 1.165) is 10.8 Å². The van der Waals surface area contributed by atoms with Gasteiger partial charge in [-0.05, 0) is 23.7 Å². The standard InChI is InChI=1S/C18H21N3O3S/c1-18(2,3)16(23)19-17(25)21-20-15(22)11-24-14-10-6-8-12-7-4-5-9-13(12)14/h4-10H,11H2,1-3H3,(H,20,22)(H2,19,21,23,25). The molecule has 0 atom stereocenters.